The lowest BCUT2D eigenvalue weighted by Gasteiger charge is -2.37. The molecule has 1 N–H and O–H groups in total. The van der Waals surface area contributed by atoms with E-state index < -0.39 is 0 Å². The Hall–Kier alpha value is -1.43. The lowest BCUT2D eigenvalue weighted by Crippen LogP contribution is -2.43. The fourth-order valence-corrected chi connectivity index (χ4v) is 3.38. The maximum absolute atomic E-state index is 12.6. The number of nitrogens with zero attached hydrogens (tertiary/aromatic N) is 4. The van der Waals surface area contributed by atoms with E-state index in [2.05, 4.69) is 29.5 Å². The van der Waals surface area contributed by atoms with E-state index in [1.54, 1.807) is 0 Å². The van der Waals surface area contributed by atoms with Crippen LogP contribution >= 0.6 is 0 Å². The fraction of sp³-hybridized carbons (Fsp3) is 0.800. The Labute approximate surface area is 125 Å². The average Bonchev–Trinajstić information content (AvgIpc) is 2.96. The molecule has 3 heterocycles. The Morgan fingerprint density at radius 2 is 2.14 bits per heavy atom. The van der Waals surface area contributed by atoms with Crippen LogP contribution in [0.1, 0.15) is 56.1 Å². The molecule has 0 saturated carbocycles. The molecule has 0 aromatic carbocycles. The van der Waals surface area contributed by atoms with Gasteiger partial charge in [-0.15, -0.1) is 5.10 Å². The van der Waals surface area contributed by atoms with Gasteiger partial charge in [0.25, 0.3) is 5.91 Å². The zero-order valence-corrected chi connectivity index (χ0v) is 13.0. The molecule has 116 valence electrons. The number of nitrogens with one attached hydrogen (secondary N) is 1. The highest BCUT2D eigenvalue weighted by Gasteiger charge is 2.31. The number of carbonyl (C=O) groups excluding carboxylic acids is 1. The van der Waals surface area contributed by atoms with Gasteiger partial charge in [-0.05, 0) is 44.2 Å². The molecule has 2 fully saturated rings. The standard InChI is InChI=1S/C15H25N5O/c1-15(2)6-3-9-19(11-15)14(21)13-10-20(18-17-13)12-4-7-16-8-5-12/h10,12,16H,3-9,11H2,1-2H3. The second kappa shape index (κ2) is 5.75. The number of rotatable bonds is 2. The Bertz CT molecular complexity index is 504. The van der Waals surface area contributed by atoms with Gasteiger partial charge in [0.2, 0.25) is 0 Å². The van der Waals surface area contributed by atoms with Gasteiger partial charge in [-0.25, -0.2) is 4.68 Å². The number of aromatic nitrogens is 3. The van der Waals surface area contributed by atoms with Crippen molar-refractivity contribution in [2.45, 2.75) is 45.6 Å². The van der Waals surface area contributed by atoms with Crippen LogP contribution in [-0.2, 0) is 0 Å². The van der Waals surface area contributed by atoms with E-state index in [9.17, 15) is 4.79 Å². The predicted molar refractivity (Wildman–Crippen MR) is 80.1 cm³/mol. The zero-order chi connectivity index (χ0) is 14.9. The van der Waals surface area contributed by atoms with Gasteiger partial charge >= 0.3 is 0 Å². The Morgan fingerprint density at radius 1 is 1.38 bits per heavy atom. The van der Waals surface area contributed by atoms with Crippen molar-refractivity contribution in [3.63, 3.8) is 0 Å². The van der Waals surface area contributed by atoms with Gasteiger partial charge in [-0.3, -0.25) is 4.79 Å². The van der Waals surface area contributed by atoms with Gasteiger partial charge in [-0.2, -0.15) is 0 Å². The molecule has 0 radical (unpaired) electrons. The summed E-state index contributed by atoms with van der Waals surface area (Å²) >= 11 is 0. The van der Waals surface area contributed by atoms with Crippen LogP contribution in [0.25, 0.3) is 0 Å². The summed E-state index contributed by atoms with van der Waals surface area (Å²) in [6.07, 6.45) is 6.18. The zero-order valence-electron chi connectivity index (χ0n) is 13.0. The minimum Gasteiger partial charge on any atom is -0.337 e. The highest BCUT2D eigenvalue weighted by Crippen LogP contribution is 2.29. The van der Waals surface area contributed by atoms with Crippen molar-refractivity contribution in [2.75, 3.05) is 26.2 Å². The number of piperidine rings is 2. The van der Waals surface area contributed by atoms with Crippen LogP contribution in [0.4, 0.5) is 0 Å². The van der Waals surface area contributed by atoms with Crippen LogP contribution in [0, 0.1) is 5.41 Å². The summed E-state index contributed by atoms with van der Waals surface area (Å²) in [7, 11) is 0. The smallest absolute Gasteiger partial charge is 0.276 e. The van der Waals surface area contributed by atoms with E-state index in [4.69, 9.17) is 0 Å². The molecule has 0 unspecified atom stereocenters. The average molecular weight is 291 g/mol. The van der Waals surface area contributed by atoms with Crippen molar-refractivity contribution >= 4 is 5.91 Å². The normalized spacial score (nSPS) is 23.2. The second-order valence-electron chi connectivity index (χ2n) is 7.06. The van der Waals surface area contributed by atoms with Crippen molar-refractivity contribution in [3.05, 3.63) is 11.9 Å². The molecule has 0 aliphatic carbocycles. The summed E-state index contributed by atoms with van der Waals surface area (Å²) in [4.78, 5) is 14.5. The number of hydrogen-bond acceptors (Lipinski definition) is 4. The van der Waals surface area contributed by atoms with Crippen LogP contribution in [0.15, 0.2) is 6.20 Å². The van der Waals surface area contributed by atoms with Crippen molar-refractivity contribution in [1.29, 1.82) is 0 Å². The first kappa shape index (κ1) is 14.5. The third-order valence-corrected chi connectivity index (χ3v) is 4.60. The molecule has 21 heavy (non-hydrogen) atoms. The van der Waals surface area contributed by atoms with Crippen LogP contribution in [0.5, 0.6) is 0 Å². The van der Waals surface area contributed by atoms with Gasteiger partial charge in [0.15, 0.2) is 5.69 Å². The minimum absolute atomic E-state index is 0.0305. The monoisotopic (exact) mass is 291 g/mol. The number of hydrogen-bond donors (Lipinski definition) is 1. The number of carbonyl (C=O) groups is 1. The first-order chi connectivity index (χ1) is 10.1. The van der Waals surface area contributed by atoms with Crippen molar-refractivity contribution < 1.29 is 4.79 Å². The first-order valence-electron chi connectivity index (χ1n) is 7.97. The van der Waals surface area contributed by atoms with E-state index in [0.29, 0.717) is 11.7 Å². The highest BCUT2D eigenvalue weighted by atomic mass is 16.2. The Balaban J connectivity index is 1.69. The van der Waals surface area contributed by atoms with E-state index in [0.717, 1.165) is 45.4 Å². The molecule has 2 saturated heterocycles. The lowest BCUT2D eigenvalue weighted by molar-refractivity contribution is 0.0577. The van der Waals surface area contributed by atoms with E-state index in [-0.39, 0.29) is 11.3 Å². The van der Waals surface area contributed by atoms with Crippen LogP contribution in [0.3, 0.4) is 0 Å². The van der Waals surface area contributed by atoms with Gasteiger partial charge in [0.05, 0.1) is 12.2 Å². The Morgan fingerprint density at radius 3 is 2.86 bits per heavy atom. The maximum Gasteiger partial charge on any atom is 0.276 e. The van der Waals surface area contributed by atoms with Gasteiger partial charge in [0, 0.05) is 13.1 Å². The quantitative estimate of drug-likeness (QED) is 0.896. The summed E-state index contributed by atoms with van der Waals surface area (Å²) < 4.78 is 1.88. The van der Waals surface area contributed by atoms with E-state index in [1.807, 2.05) is 15.8 Å². The second-order valence-corrected chi connectivity index (χ2v) is 7.06. The summed E-state index contributed by atoms with van der Waals surface area (Å²) in [5.74, 6) is 0.0305. The van der Waals surface area contributed by atoms with Crippen LogP contribution in [0.2, 0.25) is 0 Å². The van der Waals surface area contributed by atoms with Gasteiger partial charge in [0.1, 0.15) is 0 Å². The maximum atomic E-state index is 12.6. The predicted octanol–water partition coefficient (Wildman–Crippen LogP) is 1.46. The summed E-state index contributed by atoms with van der Waals surface area (Å²) in [6, 6.07) is 0.373. The van der Waals surface area contributed by atoms with Crippen LogP contribution in [-0.4, -0.2) is 52.0 Å². The molecule has 0 bridgehead atoms. The number of likely N-dealkylation sites (tertiary alicyclic amines) is 1. The fourth-order valence-electron chi connectivity index (χ4n) is 3.38. The lowest BCUT2D eigenvalue weighted by atomic mass is 9.84. The summed E-state index contributed by atoms with van der Waals surface area (Å²) in [5, 5.41) is 11.6. The largest absolute Gasteiger partial charge is 0.337 e. The van der Waals surface area contributed by atoms with E-state index in [1.165, 1.54) is 6.42 Å². The molecule has 2 aliphatic rings. The third-order valence-electron chi connectivity index (χ3n) is 4.60. The molecule has 3 rings (SSSR count). The highest BCUT2D eigenvalue weighted by molar-refractivity contribution is 5.92. The molecular weight excluding hydrogens is 266 g/mol. The van der Waals surface area contributed by atoms with Gasteiger partial charge in [-0.1, -0.05) is 19.1 Å². The molecule has 0 atom stereocenters. The summed E-state index contributed by atoms with van der Waals surface area (Å²) in [5.41, 5.74) is 0.699. The van der Waals surface area contributed by atoms with Crippen molar-refractivity contribution in [3.8, 4) is 0 Å². The molecule has 1 aromatic rings. The minimum atomic E-state index is 0.0305. The first-order valence-corrected chi connectivity index (χ1v) is 7.97. The Kier molecular flexibility index (Phi) is 3.97. The molecular formula is C15H25N5O. The molecule has 6 heteroatoms. The SMILES string of the molecule is CC1(C)CCCN(C(=O)c2cn(C3CCNCC3)nn2)C1. The molecule has 1 aromatic heterocycles. The molecule has 6 nitrogen and oxygen atoms in total. The van der Waals surface area contributed by atoms with E-state index >= 15 is 0 Å². The number of amides is 1. The summed E-state index contributed by atoms with van der Waals surface area (Å²) in [6.45, 7) is 8.10. The topological polar surface area (TPSA) is 63.1 Å². The van der Waals surface area contributed by atoms with Crippen molar-refractivity contribution in [2.24, 2.45) is 5.41 Å². The van der Waals surface area contributed by atoms with Crippen molar-refractivity contribution in [1.82, 2.24) is 25.2 Å². The molecule has 0 spiro atoms. The third kappa shape index (κ3) is 3.26. The van der Waals surface area contributed by atoms with Gasteiger partial charge < -0.3 is 10.2 Å². The molecule has 1 amide bonds. The van der Waals surface area contributed by atoms with Crippen LogP contribution < -0.4 is 5.32 Å². The molecule has 2 aliphatic heterocycles.